The summed E-state index contributed by atoms with van der Waals surface area (Å²) in [7, 11) is 0. The molecule has 2 rings (SSSR count). The first-order valence-electron chi connectivity index (χ1n) is 8.19. The minimum atomic E-state index is -4.53. The van der Waals surface area contributed by atoms with Gasteiger partial charge in [0.15, 0.2) is 13.2 Å². The van der Waals surface area contributed by atoms with Gasteiger partial charge in [-0.15, -0.1) is 0 Å². The molecule has 0 atom stereocenters. The van der Waals surface area contributed by atoms with Crippen molar-refractivity contribution in [1.82, 2.24) is 0 Å². The number of hydrogen-bond donors (Lipinski definition) is 1. The van der Waals surface area contributed by atoms with Gasteiger partial charge >= 0.3 is 12.1 Å². The van der Waals surface area contributed by atoms with Crippen LogP contribution in [-0.2, 0) is 20.5 Å². The molecule has 0 radical (unpaired) electrons. The summed E-state index contributed by atoms with van der Waals surface area (Å²) >= 11 is 0. The number of nitriles is 1. The van der Waals surface area contributed by atoms with E-state index in [0.29, 0.717) is 11.3 Å². The van der Waals surface area contributed by atoms with Crippen LogP contribution in [0, 0.1) is 11.3 Å². The molecule has 0 heterocycles. The van der Waals surface area contributed by atoms with E-state index in [1.807, 2.05) is 6.07 Å². The van der Waals surface area contributed by atoms with E-state index in [-0.39, 0.29) is 12.3 Å². The van der Waals surface area contributed by atoms with E-state index >= 15 is 0 Å². The van der Waals surface area contributed by atoms with Crippen LogP contribution in [0.2, 0.25) is 0 Å². The molecule has 2 aromatic carbocycles. The average molecular weight is 404 g/mol. The van der Waals surface area contributed by atoms with Gasteiger partial charge in [-0.3, -0.25) is 4.79 Å². The Labute approximate surface area is 164 Å². The Morgan fingerprint density at radius 1 is 1.14 bits per heavy atom. The molecule has 9 heteroatoms. The number of esters is 1. The summed E-state index contributed by atoms with van der Waals surface area (Å²) in [5.41, 5.74) is -0.311. The highest BCUT2D eigenvalue weighted by Crippen LogP contribution is 2.30. The molecule has 6 nitrogen and oxygen atoms in total. The molecule has 0 aliphatic heterocycles. The van der Waals surface area contributed by atoms with Gasteiger partial charge in [-0.25, -0.2) is 4.79 Å². The Morgan fingerprint density at radius 3 is 2.52 bits per heavy atom. The molecule has 0 saturated heterocycles. The second kappa shape index (κ2) is 9.94. The molecule has 0 bridgehead atoms. The molecule has 0 fully saturated rings. The monoisotopic (exact) mass is 404 g/mol. The largest absolute Gasteiger partial charge is 0.479 e. The van der Waals surface area contributed by atoms with Crippen molar-refractivity contribution < 1.29 is 32.2 Å². The first-order chi connectivity index (χ1) is 13.8. The van der Waals surface area contributed by atoms with E-state index in [9.17, 15) is 22.8 Å². The third-order valence-electron chi connectivity index (χ3n) is 3.41. The number of rotatable bonds is 7. The number of carbonyl (C=O) groups is 2. The van der Waals surface area contributed by atoms with E-state index < -0.39 is 30.2 Å². The van der Waals surface area contributed by atoms with E-state index in [4.69, 9.17) is 14.7 Å². The van der Waals surface area contributed by atoms with Gasteiger partial charge in [-0.1, -0.05) is 18.2 Å². The van der Waals surface area contributed by atoms with Crippen molar-refractivity contribution in [2.24, 2.45) is 0 Å². The maximum Gasteiger partial charge on any atom is 0.416 e. The fourth-order valence-electron chi connectivity index (χ4n) is 2.11. The lowest BCUT2D eigenvalue weighted by Crippen LogP contribution is -2.20. The predicted octanol–water partition coefficient (Wildman–Crippen LogP) is 3.80. The zero-order valence-corrected chi connectivity index (χ0v) is 14.9. The third-order valence-corrected chi connectivity index (χ3v) is 3.41. The summed E-state index contributed by atoms with van der Waals surface area (Å²) in [5.74, 6) is -1.07. The van der Waals surface area contributed by atoms with Crippen molar-refractivity contribution in [1.29, 1.82) is 5.26 Å². The molecule has 150 valence electrons. The standard InChI is InChI=1S/C20H15F3N2O4/c21-20(22,23)15-2-1-3-16(12-15)25-18(26)13-29-19(27)9-6-14-4-7-17(8-5-14)28-11-10-24/h1-9,12H,11,13H2,(H,25,26)/b9-6+. The van der Waals surface area contributed by atoms with Crippen LogP contribution in [0.4, 0.5) is 18.9 Å². The van der Waals surface area contributed by atoms with Gasteiger partial charge in [-0.05, 0) is 42.0 Å². The first-order valence-corrected chi connectivity index (χ1v) is 8.19. The number of ether oxygens (including phenoxy) is 2. The Hall–Kier alpha value is -3.80. The molecular formula is C20H15F3N2O4. The van der Waals surface area contributed by atoms with Crippen molar-refractivity contribution in [3.63, 3.8) is 0 Å². The normalized spacial score (nSPS) is 11.0. The molecule has 2 aromatic rings. The van der Waals surface area contributed by atoms with Crippen molar-refractivity contribution in [2.75, 3.05) is 18.5 Å². The van der Waals surface area contributed by atoms with Gasteiger partial charge in [0.25, 0.3) is 5.91 Å². The van der Waals surface area contributed by atoms with Crippen molar-refractivity contribution in [3.05, 3.63) is 65.7 Å². The maximum absolute atomic E-state index is 12.7. The Kier molecular flexibility index (Phi) is 7.37. The number of nitrogens with one attached hydrogen (secondary N) is 1. The van der Waals surface area contributed by atoms with Gasteiger partial charge in [0.1, 0.15) is 11.8 Å². The molecule has 0 aliphatic carbocycles. The van der Waals surface area contributed by atoms with Gasteiger partial charge in [0.05, 0.1) is 5.56 Å². The predicted molar refractivity (Wildman–Crippen MR) is 97.6 cm³/mol. The lowest BCUT2D eigenvalue weighted by molar-refractivity contribution is -0.142. The highest BCUT2D eigenvalue weighted by Gasteiger charge is 2.30. The average Bonchev–Trinajstić information content (AvgIpc) is 2.69. The second-order valence-corrected chi connectivity index (χ2v) is 5.58. The number of carbonyl (C=O) groups excluding carboxylic acids is 2. The number of halogens is 3. The van der Waals surface area contributed by atoms with Crippen molar-refractivity contribution >= 4 is 23.6 Å². The number of alkyl halides is 3. The minimum absolute atomic E-state index is 0.0601. The Morgan fingerprint density at radius 2 is 1.86 bits per heavy atom. The van der Waals surface area contributed by atoms with Gasteiger partial charge in [0.2, 0.25) is 0 Å². The third kappa shape index (κ3) is 7.38. The topological polar surface area (TPSA) is 88.4 Å². The minimum Gasteiger partial charge on any atom is -0.479 e. The van der Waals surface area contributed by atoms with Gasteiger partial charge < -0.3 is 14.8 Å². The molecule has 0 saturated carbocycles. The van der Waals surface area contributed by atoms with E-state index in [1.54, 1.807) is 24.3 Å². The van der Waals surface area contributed by atoms with Crippen LogP contribution in [0.25, 0.3) is 6.08 Å². The number of nitrogens with zero attached hydrogens (tertiary/aromatic N) is 1. The number of amides is 1. The molecular weight excluding hydrogens is 389 g/mol. The summed E-state index contributed by atoms with van der Waals surface area (Å²) in [6.07, 6.45) is -1.98. The summed E-state index contributed by atoms with van der Waals surface area (Å²) in [6, 6.07) is 12.5. The Bertz CT molecular complexity index is 932. The summed E-state index contributed by atoms with van der Waals surface area (Å²) in [5, 5.41) is 10.7. The molecule has 1 amide bonds. The number of hydrogen-bond acceptors (Lipinski definition) is 5. The smallest absolute Gasteiger partial charge is 0.416 e. The fraction of sp³-hybridized carbons (Fsp3) is 0.150. The van der Waals surface area contributed by atoms with E-state index in [0.717, 1.165) is 24.3 Å². The first kappa shape index (κ1) is 21.5. The number of anilines is 1. The van der Waals surface area contributed by atoms with Crippen LogP contribution >= 0.6 is 0 Å². The summed E-state index contributed by atoms with van der Waals surface area (Å²) in [6.45, 7) is -0.732. The maximum atomic E-state index is 12.7. The summed E-state index contributed by atoms with van der Waals surface area (Å²) in [4.78, 5) is 23.4. The fourth-order valence-corrected chi connectivity index (χ4v) is 2.11. The molecule has 0 aromatic heterocycles. The highest BCUT2D eigenvalue weighted by atomic mass is 19.4. The SMILES string of the molecule is N#CCOc1ccc(/C=C/C(=O)OCC(=O)Nc2cccc(C(F)(F)F)c2)cc1. The quantitative estimate of drug-likeness (QED) is 0.560. The van der Waals surface area contributed by atoms with Crippen LogP contribution in [0.15, 0.2) is 54.6 Å². The number of benzene rings is 2. The van der Waals surface area contributed by atoms with Crippen molar-refractivity contribution in [2.45, 2.75) is 6.18 Å². The van der Waals surface area contributed by atoms with Gasteiger partial charge in [0, 0.05) is 11.8 Å². The highest BCUT2D eigenvalue weighted by molar-refractivity contribution is 5.94. The van der Waals surface area contributed by atoms with Crippen LogP contribution in [0.1, 0.15) is 11.1 Å². The molecule has 0 aliphatic rings. The zero-order chi connectivity index (χ0) is 21.3. The lowest BCUT2D eigenvalue weighted by Gasteiger charge is -2.09. The van der Waals surface area contributed by atoms with Crippen LogP contribution < -0.4 is 10.1 Å². The Balaban J connectivity index is 1.82. The molecule has 0 spiro atoms. The van der Waals surface area contributed by atoms with Crippen molar-refractivity contribution in [3.8, 4) is 11.8 Å². The van der Waals surface area contributed by atoms with Crippen LogP contribution in [0.5, 0.6) is 5.75 Å². The van der Waals surface area contributed by atoms with Crippen LogP contribution in [-0.4, -0.2) is 25.1 Å². The van der Waals surface area contributed by atoms with E-state index in [2.05, 4.69) is 5.32 Å². The molecule has 1 N–H and O–H groups in total. The van der Waals surface area contributed by atoms with E-state index in [1.165, 1.54) is 12.1 Å². The zero-order valence-electron chi connectivity index (χ0n) is 14.9. The lowest BCUT2D eigenvalue weighted by atomic mass is 10.2. The van der Waals surface area contributed by atoms with Gasteiger partial charge in [-0.2, -0.15) is 18.4 Å². The summed E-state index contributed by atoms with van der Waals surface area (Å²) < 4.78 is 47.8. The molecule has 0 unspecified atom stereocenters. The molecule has 29 heavy (non-hydrogen) atoms. The second-order valence-electron chi connectivity index (χ2n) is 5.58. The van der Waals surface area contributed by atoms with Crippen LogP contribution in [0.3, 0.4) is 0 Å².